The van der Waals surface area contributed by atoms with Crippen LogP contribution in [0, 0.1) is 12.7 Å². The summed E-state index contributed by atoms with van der Waals surface area (Å²) in [5.74, 6) is -0.291. The molecule has 29 heavy (non-hydrogen) atoms. The molecule has 4 rings (SSSR count). The third-order valence-electron chi connectivity index (χ3n) is 5.69. The number of hydrogen-bond donors (Lipinski definition) is 2. The Morgan fingerprint density at radius 1 is 1.21 bits per heavy atom. The highest BCUT2D eigenvalue weighted by atomic mass is 35.5. The number of piperidine rings is 1. The summed E-state index contributed by atoms with van der Waals surface area (Å²) in [6.45, 7) is 4.73. The van der Waals surface area contributed by atoms with Gasteiger partial charge >= 0.3 is 0 Å². The first-order valence-electron chi connectivity index (χ1n) is 10.0. The number of fused-ring (bicyclic) bond motifs is 1. The number of carbonyl (C=O) groups excluding carboxylic acids is 1. The van der Waals surface area contributed by atoms with E-state index in [2.05, 4.69) is 27.3 Å². The number of aromatic amines is 1. The second-order valence-electron chi connectivity index (χ2n) is 7.84. The largest absolute Gasteiger partial charge is 0.358 e. The average Bonchev–Trinajstić information content (AvgIpc) is 3.00. The number of carbonyl (C=O) groups is 1. The number of nitrogens with one attached hydrogen (secondary N) is 2. The topological polar surface area (TPSA) is 48.1 Å². The lowest BCUT2D eigenvalue weighted by Gasteiger charge is -2.32. The van der Waals surface area contributed by atoms with Crippen LogP contribution in [0.5, 0.6) is 0 Å². The van der Waals surface area contributed by atoms with Crippen molar-refractivity contribution in [2.24, 2.45) is 0 Å². The number of halogens is 2. The summed E-state index contributed by atoms with van der Waals surface area (Å²) in [5, 5.41) is 4.71. The van der Waals surface area contributed by atoms with Gasteiger partial charge in [-0.05, 0) is 61.2 Å². The number of benzene rings is 2. The van der Waals surface area contributed by atoms with E-state index in [0.717, 1.165) is 59.7 Å². The molecule has 2 heterocycles. The van der Waals surface area contributed by atoms with E-state index in [0.29, 0.717) is 0 Å². The van der Waals surface area contributed by atoms with Gasteiger partial charge in [0.2, 0.25) is 5.91 Å². The minimum Gasteiger partial charge on any atom is -0.358 e. The number of rotatable bonds is 5. The molecule has 1 fully saturated rings. The van der Waals surface area contributed by atoms with E-state index in [1.54, 1.807) is 6.07 Å². The van der Waals surface area contributed by atoms with Crippen LogP contribution < -0.4 is 5.32 Å². The summed E-state index contributed by atoms with van der Waals surface area (Å²) >= 11 is 5.95. The molecule has 1 aliphatic heterocycles. The first-order chi connectivity index (χ1) is 14.0. The quantitative estimate of drug-likeness (QED) is 0.642. The lowest BCUT2D eigenvalue weighted by atomic mass is 10.0. The lowest BCUT2D eigenvalue weighted by Crippen LogP contribution is -2.44. The molecule has 1 saturated heterocycles. The SMILES string of the molecule is Cc1[nH]c2ccc(F)cc2c1CC(=O)NC1CCN(Cc2ccc(Cl)cc2)CC1. The van der Waals surface area contributed by atoms with Crippen molar-refractivity contribution in [1.29, 1.82) is 0 Å². The van der Waals surface area contributed by atoms with Gasteiger partial charge in [0.25, 0.3) is 0 Å². The van der Waals surface area contributed by atoms with Gasteiger partial charge in [-0.2, -0.15) is 0 Å². The number of likely N-dealkylation sites (tertiary alicyclic amines) is 1. The van der Waals surface area contributed by atoms with Gasteiger partial charge in [0, 0.05) is 47.3 Å². The molecule has 1 aromatic heterocycles. The van der Waals surface area contributed by atoms with Crippen LogP contribution in [-0.2, 0) is 17.8 Å². The molecule has 0 saturated carbocycles. The summed E-state index contributed by atoms with van der Waals surface area (Å²) in [7, 11) is 0. The Labute approximate surface area is 175 Å². The van der Waals surface area contributed by atoms with Crippen molar-refractivity contribution in [2.45, 2.75) is 38.8 Å². The molecule has 152 valence electrons. The van der Waals surface area contributed by atoms with Gasteiger partial charge in [0.1, 0.15) is 5.82 Å². The zero-order chi connectivity index (χ0) is 20.4. The molecule has 0 aliphatic carbocycles. The Kier molecular flexibility index (Phi) is 5.88. The maximum atomic E-state index is 13.6. The number of hydrogen-bond acceptors (Lipinski definition) is 2. The van der Waals surface area contributed by atoms with Crippen LogP contribution in [0.4, 0.5) is 4.39 Å². The maximum Gasteiger partial charge on any atom is 0.224 e. The molecule has 0 spiro atoms. The highest BCUT2D eigenvalue weighted by Crippen LogP contribution is 2.24. The summed E-state index contributed by atoms with van der Waals surface area (Å²) in [6, 6.07) is 12.8. The first-order valence-corrected chi connectivity index (χ1v) is 10.4. The summed E-state index contributed by atoms with van der Waals surface area (Å²) in [4.78, 5) is 18.3. The van der Waals surface area contributed by atoms with E-state index in [9.17, 15) is 9.18 Å². The minimum absolute atomic E-state index is 0.00517. The van der Waals surface area contributed by atoms with Crippen LogP contribution in [0.2, 0.25) is 5.02 Å². The van der Waals surface area contributed by atoms with Crippen LogP contribution in [0.1, 0.15) is 29.7 Å². The fourth-order valence-corrected chi connectivity index (χ4v) is 4.23. The van der Waals surface area contributed by atoms with E-state index < -0.39 is 0 Å². The maximum absolute atomic E-state index is 13.6. The highest BCUT2D eigenvalue weighted by Gasteiger charge is 2.22. The van der Waals surface area contributed by atoms with E-state index >= 15 is 0 Å². The van der Waals surface area contributed by atoms with Crippen molar-refractivity contribution in [2.75, 3.05) is 13.1 Å². The lowest BCUT2D eigenvalue weighted by molar-refractivity contribution is -0.121. The molecule has 3 aromatic rings. The fraction of sp³-hybridized carbons (Fsp3) is 0.348. The number of aryl methyl sites for hydroxylation is 1. The average molecular weight is 414 g/mol. The van der Waals surface area contributed by atoms with Crippen LogP contribution in [-0.4, -0.2) is 34.9 Å². The minimum atomic E-state index is -0.286. The van der Waals surface area contributed by atoms with Gasteiger partial charge in [0.15, 0.2) is 0 Å². The van der Waals surface area contributed by atoms with Crippen molar-refractivity contribution in [1.82, 2.24) is 15.2 Å². The third-order valence-corrected chi connectivity index (χ3v) is 5.94. The zero-order valence-corrected chi connectivity index (χ0v) is 17.2. The van der Waals surface area contributed by atoms with Crippen molar-refractivity contribution in [3.05, 3.63) is 70.1 Å². The van der Waals surface area contributed by atoms with Gasteiger partial charge in [-0.25, -0.2) is 4.39 Å². The molecule has 2 N–H and O–H groups in total. The highest BCUT2D eigenvalue weighted by molar-refractivity contribution is 6.30. The van der Waals surface area contributed by atoms with Crippen molar-refractivity contribution in [3.63, 3.8) is 0 Å². The van der Waals surface area contributed by atoms with E-state index in [1.807, 2.05) is 19.1 Å². The van der Waals surface area contributed by atoms with Crippen LogP contribution in [0.15, 0.2) is 42.5 Å². The Hall–Kier alpha value is -2.37. The van der Waals surface area contributed by atoms with Gasteiger partial charge in [-0.3, -0.25) is 9.69 Å². The first kappa shape index (κ1) is 19.9. The smallest absolute Gasteiger partial charge is 0.224 e. The van der Waals surface area contributed by atoms with Gasteiger partial charge in [-0.1, -0.05) is 23.7 Å². The molecule has 1 amide bonds. The predicted octanol–water partition coefficient (Wildman–Crippen LogP) is 4.59. The van der Waals surface area contributed by atoms with E-state index in [-0.39, 0.29) is 24.2 Å². The van der Waals surface area contributed by atoms with Gasteiger partial charge < -0.3 is 10.3 Å². The second kappa shape index (κ2) is 8.56. The number of H-pyrrole nitrogens is 1. The molecule has 0 unspecified atom stereocenters. The van der Waals surface area contributed by atoms with Gasteiger partial charge in [-0.15, -0.1) is 0 Å². The zero-order valence-electron chi connectivity index (χ0n) is 16.5. The molecule has 0 radical (unpaired) electrons. The van der Waals surface area contributed by atoms with Crippen LogP contribution in [0.25, 0.3) is 10.9 Å². The Bertz CT molecular complexity index is 1010. The van der Waals surface area contributed by atoms with Crippen LogP contribution in [0.3, 0.4) is 0 Å². The molecule has 4 nitrogen and oxygen atoms in total. The predicted molar refractivity (Wildman–Crippen MR) is 115 cm³/mol. The number of aromatic nitrogens is 1. The third kappa shape index (κ3) is 4.80. The molecule has 6 heteroatoms. The Morgan fingerprint density at radius 3 is 2.66 bits per heavy atom. The molecule has 1 aliphatic rings. The molecule has 2 aromatic carbocycles. The van der Waals surface area contributed by atoms with E-state index in [4.69, 9.17) is 11.6 Å². The molecular weight excluding hydrogens is 389 g/mol. The van der Waals surface area contributed by atoms with E-state index in [1.165, 1.54) is 17.7 Å². The van der Waals surface area contributed by atoms with Crippen molar-refractivity contribution in [3.8, 4) is 0 Å². The Balaban J connectivity index is 1.31. The summed E-state index contributed by atoms with van der Waals surface area (Å²) in [5.41, 5.74) is 3.90. The van der Waals surface area contributed by atoms with Gasteiger partial charge in [0.05, 0.1) is 6.42 Å². The van der Waals surface area contributed by atoms with Crippen molar-refractivity contribution < 1.29 is 9.18 Å². The summed E-state index contributed by atoms with van der Waals surface area (Å²) in [6.07, 6.45) is 2.13. The summed E-state index contributed by atoms with van der Waals surface area (Å²) < 4.78 is 13.6. The normalized spacial score (nSPS) is 15.7. The molecule has 0 atom stereocenters. The fourth-order valence-electron chi connectivity index (χ4n) is 4.11. The van der Waals surface area contributed by atoms with Crippen LogP contribution >= 0.6 is 11.6 Å². The standard InChI is InChI=1S/C23H25ClFN3O/c1-15-20(21-12-18(25)6-7-22(21)26-15)13-23(29)27-19-8-10-28(11-9-19)14-16-2-4-17(24)5-3-16/h2-7,12,19,26H,8-11,13-14H2,1H3,(H,27,29). The second-order valence-corrected chi connectivity index (χ2v) is 8.28. The molecular formula is C23H25ClFN3O. The monoisotopic (exact) mass is 413 g/mol. The number of nitrogens with zero attached hydrogens (tertiary/aromatic N) is 1. The Morgan fingerprint density at radius 2 is 1.93 bits per heavy atom. The molecule has 0 bridgehead atoms. The van der Waals surface area contributed by atoms with Crippen molar-refractivity contribution >= 4 is 28.4 Å². The number of amides is 1.